The van der Waals surface area contributed by atoms with Gasteiger partial charge in [0.25, 0.3) is 0 Å². The number of carbonyl (C=O) groups is 2. The lowest BCUT2D eigenvalue weighted by atomic mass is 9.90. The van der Waals surface area contributed by atoms with Crippen LogP contribution in [0.1, 0.15) is 46.6 Å². The Balaban J connectivity index is 1.49. The molecule has 2 aromatic carbocycles. The molecule has 1 amide bonds. The predicted octanol–water partition coefficient (Wildman–Crippen LogP) is 3.76. The van der Waals surface area contributed by atoms with E-state index in [1.165, 1.54) is 23.5 Å². The first-order valence-electron chi connectivity index (χ1n) is 15.9. The van der Waals surface area contributed by atoms with Crippen LogP contribution in [0.4, 0.5) is 4.79 Å². The number of methoxy groups -OCH3 is 1. The maximum atomic E-state index is 13.7. The van der Waals surface area contributed by atoms with E-state index >= 15 is 0 Å². The van der Waals surface area contributed by atoms with E-state index in [4.69, 9.17) is 23.7 Å². The molecule has 2 heterocycles. The summed E-state index contributed by atoms with van der Waals surface area (Å²) in [6.45, 7) is 9.30. The highest BCUT2D eigenvalue weighted by Crippen LogP contribution is 2.34. The van der Waals surface area contributed by atoms with Crippen molar-refractivity contribution in [2.75, 3.05) is 33.4 Å². The number of hydrogen-bond acceptors (Lipinski definition) is 10. The lowest BCUT2D eigenvalue weighted by molar-refractivity contribution is -0.153. The third-order valence-electron chi connectivity index (χ3n) is 8.03. The van der Waals surface area contributed by atoms with Crippen molar-refractivity contribution in [3.8, 4) is 5.75 Å². The van der Waals surface area contributed by atoms with E-state index in [2.05, 4.69) is 5.32 Å². The van der Waals surface area contributed by atoms with Crippen LogP contribution in [0.5, 0.6) is 5.75 Å². The van der Waals surface area contributed by atoms with E-state index in [1.54, 1.807) is 32.9 Å². The topological polar surface area (TPSA) is 150 Å². The zero-order valence-corrected chi connectivity index (χ0v) is 28.8. The third-order valence-corrected chi connectivity index (χ3v) is 9.87. The first kappa shape index (κ1) is 36.6. The Morgan fingerprint density at radius 3 is 2.30 bits per heavy atom. The Labute approximate surface area is 277 Å². The lowest BCUT2D eigenvalue weighted by Crippen LogP contribution is -2.47. The molecule has 0 aliphatic carbocycles. The maximum absolute atomic E-state index is 13.7. The van der Waals surface area contributed by atoms with Gasteiger partial charge in [-0.05, 0) is 62.9 Å². The number of sulfonamides is 1. The molecular weight excluding hydrogens is 628 g/mol. The van der Waals surface area contributed by atoms with Gasteiger partial charge >= 0.3 is 12.1 Å². The Morgan fingerprint density at radius 2 is 1.68 bits per heavy atom. The van der Waals surface area contributed by atoms with Crippen LogP contribution in [-0.2, 0) is 40.2 Å². The van der Waals surface area contributed by atoms with Crippen LogP contribution in [0.15, 0.2) is 59.5 Å². The lowest BCUT2D eigenvalue weighted by Gasteiger charge is -2.30. The fourth-order valence-electron chi connectivity index (χ4n) is 5.84. The van der Waals surface area contributed by atoms with Crippen molar-refractivity contribution < 1.29 is 46.8 Å². The van der Waals surface area contributed by atoms with Crippen molar-refractivity contribution in [1.82, 2.24) is 9.62 Å². The van der Waals surface area contributed by atoms with Gasteiger partial charge in [0.2, 0.25) is 10.0 Å². The quantitative estimate of drug-likeness (QED) is 0.283. The largest absolute Gasteiger partial charge is 0.497 e. The highest BCUT2D eigenvalue weighted by molar-refractivity contribution is 7.89. The summed E-state index contributed by atoms with van der Waals surface area (Å²) in [6, 6.07) is 15.0. The van der Waals surface area contributed by atoms with Crippen LogP contribution in [0.3, 0.4) is 0 Å². The second-order valence-corrected chi connectivity index (χ2v) is 15.4. The molecule has 2 aliphatic heterocycles. The summed E-state index contributed by atoms with van der Waals surface area (Å²) in [4.78, 5) is 26.0. The first-order chi connectivity index (χ1) is 22.2. The summed E-state index contributed by atoms with van der Waals surface area (Å²) in [6.07, 6.45) is -3.01. The molecule has 260 valence electrons. The number of amides is 1. The average molecular weight is 677 g/mol. The minimum Gasteiger partial charge on any atom is -0.497 e. The molecule has 0 unspecified atom stereocenters. The van der Waals surface area contributed by atoms with Crippen molar-refractivity contribution in [2.45, 2.75) is 82.5 Å². The molecule has 47 heavy (non-hydrogen) atoms. The zero-order valence-electron chi connectivity index (χ0n) is 28.0. The predicted molar refractivity (Wildman–Crippen MR) is 173 cm³/mol. The maximum Gasteiger partial charge on any atom is 0.407 e. The molecule has 12 nitrogen and oxygen atoms in total. The monoisotopic (exact) mass is 676 g/mol. The Hall–Kier alpha value is -3.23. The summed E-state index contributed by atoms with van der Waals surface area (Å²) >= 11 is 0. The van der Waals surface area contributed by atoms with Gasteiger partial charge in [-0.1, -0.05) is 44.2 Å². The van der Waals surface area contributed by atoms with E-state index in [9.17, 15) is 23.1 Å². The Kier molecular flexibility index (Phi) is 12.3. The van der Waals surface area contributed by atoms with E-state index in [1.807, 2.05) is 44.2 Å². The molecule has 4 rings (SSSR count). The number of rotatable bonds is 14. The molecule has 6 atom stereocenters. The Bertz CT molecular complexity index is 1430. The van der Waals surface area contributed by atoms with Crippen molar-refractivity contribution in [1.29, 1.82) is 0 Å². The molecule has 13 heteroatoms. The number of nitrogens with one attached hydrogen (secondary N) is 1. The Morgan fingerprint density at radius 1 is 1.02 bits per heavy atom. The van der Waals surface area contributed by atoms with Gasteiger partial charge < -0.3 is 34.1 Å². The zero-order chi connectivity index (χ0) is 34.4. The van der Waals surface area contributed by atoms with Crippen molar-refractivity contribution >= 4 is 22.1 Å². The number of carbonyl (C=O) groups excluding carboxylic acids is 2. The number of benzene rings is 2. The van der Waals surface area contributed by atoms with Gasteiger partial charge in [-0.15, -0.1) is 0 Å². The molecule has 2 fully saturated rings. The van der Waals surface area contributed by atoms with Crippen molar-refractivity contribution in [3.05, 3.63) is 60.2 Å². The third kappa shape index (κ3) is 10.1. The van der Waals surface area contributed by atoms with Crippen LogP contribution in [0.2, 0.25) is 0 Å². The molecule has 0 aromatic heterocycles. The normalized spacial score (nSPS) is 22.5. The summed E-state index contributed by atoms with van der Waals surface area (Å²) in [5.74, 6) is -1.19. The van der Waals surface area contributed by atoms with Crippen LogP contribution in [-0.4, -0.2) is 93.4 Å². The molecule has 2 saturated heterocycles. The molecule has 0 radical (unpaired) electrons. The van der Waals surface area contributed by atoms with E-state index < -0.39 is 64.1 Å². The number of fused-ring (bicyclic) bond motifs is 1. The van der Waals surface area contributed by atoms with Gasteiger partial charge in [0.1, 0.15) is 17.5 Å². The number of ether oxygens (including phenoxy) is 5. The second kappa shape index (κ2) is 15.8. The minimum atomic E-state index is -3.98. The van der Waals surface area contributed by atoms with Crippen LogP contribution in [0.25, 0.3) is 0 Å². The van der Waals surface area contributed by atoms with E-state index in [0.717, 1.165) is 5.56 Å². The number of hydrogen-bond donors (Lipinski definition) is 2. The number of alkyl carbamates (subject to hydrolysis) is 1. The minimum absolute atomic E-state index is 0.0288. The number of nitrogens with zero attached hydrogens (tertiary/aromatic N) is 1. The van der Waals surface area contributed by atoms with Gasteiger partial charge in [0.05, 0.1) is 49.7 Å². The SMILES string of the molecule is COc1ccc(S(=O)(=O)N(CC(C)C)C[C@@H](O)[C@@H](CC(=O)O[C@H]2CO[C@H]3OC[C@H](NC(=O)OC(C)(C)C)[C@H]32)Cc2ccccc2)cc1. The molecular formula is C34H48N2O10S. The van der Waals surface area contributed by atoms with Gasteiger partial charge in [-0.2, -0.15) is 4.31 Å². The van der Waals surface area contributed by atoms with Gasteiger partial charge in [0.15, 0.2) is 6.29 Å². The highest BCUT2D eigenvalue weighted by atomic mass is 32.2. The van der Waals surface area contributed by atoms with Crippen LogP contribution < -0.4 is 10.1 Å². The second-order valence-electron chi connectivity index (χ2n) is 13.5. The van der Waals surface area contributed by atoms with E-state index in [-0.39, 0.29) is 43.5 Å². The number of aliphatic hydroxyl groups is 1. The number of esters is 1. The number of aliphatic hydroxyl groups excluding tert-OH is 1. The fraction of sp³-hybridized carbons (Fsp3) is 0.588. The first-order valence-corrected chi connectivity index (χ1v) is 17.4. The van der Waals surface area contributed by atoms with E-state index in [0.29, 0.717) is 12.2 Å². The summed E-state index contributed by atoms with van der Waals surface area (Å²) in [5.41, 5.74) is 0.196. The van der Waals surface area contributed by atoms with Gasteiger partial charge in [-0.25, -0.2) is 13.2 Å². The van der Waals surface area contributed by atoms with Gasteiger partial charge in [-0.3, -0.25) is 4.79 Å². The molecule has 2 N–H and O–H groups in total. The smallest absolute Gasteiger partial charge is 0.407 e. The summed E-state index contributed by atoms with van der Waals surface area (Å²) in [7, 11) is -2.48. The van der Waals surface area contributed by atoms with Crippen molar-refractivity contribution in [2.24, 2.45) is 17.8 Å². The molecule has 2 aromatic rings. The molecule has 0 saturated carbocycles. The van der Waals surface area contributed by atoms with Crippen LogP contribution >= 0.6 is 0 Å². The fourth-order valence-corrected chi connectivity index (χ4v) is 7.46. The molecule has 0 bridgehead atoms. The molecule has 2 aliphatic rings. The highest BCUT2D eigenvalue weighted by Gasteiger charge is 2.51. The standard InChI is InChI=1S/C34H48N2O10S/c1-22(2)18-36(47(40,41)26-14-12-25(42-6)13-15-26)19-28(37)24(16-23-10-8-7-9-11-23)17-30(38)45-29-21-44-32-31(29)27(20-43-32)35-33(39)46-34(3,4)5/h7-15,22,24,27-29,31-32,37H,16-21H2,1-6H3,(H,35,39)/t24-,27+,28-,29+,31+,32-/m1/s1. The van der Waals surface area contributed by atoms with Crippen molar-refractivity contribution in [3.63, 3.8) is 0 Å². The summed E-state index contributed by atoms with van der Waals surface area (Å²) < 4.78 is 56.6. The molecule has 0 spiro atoms. The van der Waals surface area contributed by atoms with Gasteiger partial charge in [0, 0.05) is 19.0 Å². The summed E-state index contributed by atoms with van der Waals surface area (Å²) in [5, 5.41) is 14.4. The average Bonchev–Trinajstić information content (AvgIpc) is 3.58. The van der Waals surface area contributed by atoms with Crippen LogP contribution in [0, 0.1) is 17.8 Å².